The lowest BCUT2D eigenvalue weighted by Crippen LogP contribution is -2.60. The first-order valence-electron chi connectivity index (χ1n) is 6.82. The van der Waals surface area contributed by atoms with Gasteiger partial charge in [-0.05, 0) is 31.1 Å². The van der Waals surface area contributed by atoms with E-state index in [4.69, 9.17) is 0 Å². The van der Waals surface area contributed by atoms with Gasteiger partial charge in [0.15, 0.2) is 0 Å². The van der Waals surface area contributed by atoms with E-state index in [0.29, 0.717) is 12.5 Å². The molecule has 5 heteroatoms. The molecule has 1 fully saturated rings. The van der Waals surface area contributed by atoms with E-state index < -0.39 is 17.9 Å². The van der Waals surface area contributed by atoms with E-state index in [1.165, 1.54) is 4.90 Å². The van der Waals surface area contributed by atoms with Crippen LogP contribution in [-0.2, 0) is 9.59 Å². The van der Waals surface area contributed by atoms with Crippen LogP contribution in [-0.4, -0.2) is 29.3 Å². The molecule has 1 saturated heterocycles. The van der Waals surface area contributed by atoms with Gasteiger partial charge in [-0.2, -0.15) is 0 Å². The third kappa shape index (κ3) is 2.85. The summed E-state index contributed by atoms with van der Waals surface area (Å²) in [6.45, 7) is 4.05. The second-order valence-corrected chi connectivity index (χ2v) is 5.62. The molecule has 0 bridgehead atoms. The maximum Gasteiger partial charge on any atom is 0.330 e. The second-order valence-electron chi connectivity index (χ2n) is 5.62. The van der Waals surface area contributed by atoms with Crippen molar-refractivity contribution < 1.29 is 14.4 Å². The van der Waals surface area contributed by atoms with Crippen LogP contribution in [0, 0.1) is 17.8 Å². The number of nitrogens with one attached hydrogen (secondary N) is 1. The summed E-state index contributed by atoms with van der Waals surface area (Å²) >= 11 is 0. The largest absolute Gasteiger partial charge is 0.330 e. The van der Waals surface area contributed by atoms with Crippen molar-refractivity contribution in [1.29, 1.82) is 0 Å². The monoisotopic (exact) mass is 264 g/mol. The molecular weight excluding hydrogens is 244 g/mol. The van der Waals surface area contributed by atoms with Gasteiger partial charge in [0, 0.05) is 6.54 Å². The smallest absolute Gasteiger partial charge is 0.277 e. The standard InChI is InChI=1S/C14H20N2O3/c1-9(2)11-12(17)15-14(19)16(13(11)18)8-10-6-4-3-5-7-10/h3-4,9-11H,5-8H2,1-2H3,(H,15,17,19). The number of allylic oxidation sites excluding steroid dienone is 2. The molecule has 2 rings (SSSR count). The molecule has 2 aliphatic rings. The van der Waals surface area contributed by atoms with Gasteiger partial charge in [-0.25, -0.2) is 4.79 Å². The molecule has 0 aromatic rings. The highest BCUT2D eigenvalue weighted by atomic mass is 16.2. The normalized spacial score (nSPS) is 27.9. The predicted octanol–water partition coefficient (Wildman–Crippen LogP) is 1.69. The molecule has 2 unspecified atom stereocenters. The minimum Gasteiger partial charge on any atom is -0.277 e. The number of hydrogen-bond donors (Lipinski definition) is 1. The summed E-state index contributed by atoms with van der Waals surface area (Å²) in [5.74, 6) is -1.35. The lowest BCUT2D eigenvalue weighted by Gasteiger charge is -2.34. The molecule has 2 atom stereocenters. The molecular formula is C14H20N2O3. The van der Waals surface area contributed by atoms with Crippen LogP contribution in [0.1, 0.15) is 33.1 Å². The Morgan fingerprint density at radius 1 is 1.32 bits per heavy atom. The van der Waals surface area contributed by atoms with Crippen LogP contribution in [0.5, 0.6) is 0 Å². The zero-order chi connectivity index (χ0) is 14.0. The fourth-order valence-electron chi connectivity index (χ4n) is 2.67. The maximum absolute atomic E-state index is 12.3. The summed E-state index contributed by atoms with van der Waals surface area (Å²) in [7, 11) is 0. The highest BCUT2D eigenvalue weighted by molar-refractivity contribution is 6.16. The van der Waals surface area contributed by atoms with Gasteiger partial charge in [0.1, 0.15) is 5.92 Å². The van der Waals surface area contributed by atoms with Crippen molar-refractivity contribution in [3.63, 3.8) is 0 Å². The SMILES string of the molecule is CC(C)C1C(=O)NC(=O)N(CC2CC=CCC2)C1=O. The summed E-state index contributed by atoms with van der Waals surface area (Å²) < 4.78 is 0. The number of nitrogens with zero attached hydrogens (tertiary/aromatic N) is 1. The Hall–Kier alpha value is -1.65. The van der Waals surface area contributed by atoms with Crippen LogP contribution < -0.4 is 5.32 Å². The van der Waals surface area contributed by atoms with Crippen molar-refractivity contribution in [1.82, 2.24) is 10.2 Å². The molecule has 104 valence electrons. The number of imide groups is 2. The van der Waals surface area contributed by atoms with Gasteiger partial charge in [0.2, 0.25) is 11.8 Å². The van der Waals surface area contributed by atoms with E-state index in [-0.39, 0.29) is 11.8 Å². The van der Waals surface area contributed by atoms with E-state index >= 15 is 0 Å². The van der Waals surface area contributed by atoms with Gasteiger partial charge in [0.05, 0.1) is 0 Å². The Kier molecular flexibility index (Phi) is 4.02. The fraction of sp³-hybridized carbons (Fsp3) is 0.643. The number of carbonyl (C=O) groups excluding carboxylic acids is 3. The predicted molar refractivity (Wildman–Crippen MR) is 70.1 cm³/mol. The zero-order valence-corrected chi connectivity index (χ0v) is 11.4. The van der Waals surface area contributed by atoms with Crippen LogP contribution in [0.3, 0.4) is 0 Å². The van der Waals surface area contributed by atoms with Gasteiger partial charge in [-0.15, -0.1) is 0 Å². The average molecular weight is 264 g/mol. The summed E-state index contributed by atoms with van der Waals surface area (Å²) in [5, 5.41) is 2.29. The van der Waals surface area contributed by atoms with E-state index in [9.17, 15) is 14.4 Å². The van der Waals surface area contributed by atoms with Crippen LogP contribution in [0.2, 0.25) is 0 Å². The van der Waals surface area contributed by atoms with E-state index in [1.807, 2.05) is 13.8 Å². The van der Waals surface area contributed by atoms with E-state index in [2.05, 4.69) is 17.5 Å². The summed E-state index contributed by atoms with van der Waals surface area (Å²) in [4.78, 5) is 37.0. The topological polar surface area (TPSA) is 66.5 Å². The molecule has 19 heavy (non-hydrogen) atoms. The Balaban J connectivity index is 2.09. The fourth-order valence-corrected chi connectivity index (χ4v) is 2.67. The van der Waals surface area contributed by atoms with Gasteiger partial charge in [0.25, 0.3) is 0 Å². The average Bonchev–Trinajstić information content (AvgIpc) is 2.35. The number of amides is 4. The van der Waals surface area contributed by atoms with Crippen LogP contribution in [0.4, 0.5) is 4.79 Å². The Morgan fingerprint density at radius 2 is 2.05 bits per heavy atom. The summed E-state index contributed by atoms with van der Waals surface area (Å²) in [6, 6.07) is -0.568. The number of carbonyl (C=O) groups is 3. The molecule has 1 heterocycles. The van der Waals surface area contributed by atoms with Gasteiger partial charge < -0.3 is 0 Å². The van der Waals surface area contributed by atoms with E-state index in [0.717, 1.165) is 19.3 Å². The van der Waals surface area contributed by atoms with Crippen molar-refractivity contribution in [2.45, 2.75) is 33.1 Å². The molecule has 1 aliphatic carbocycles. The minimum atomic E-state index is -0.739. The van der Waals surface area contributed by atoms with Crippen molar-refractivity contribution in [3.05, 3.63) is 12.2 Å². The number of urea groups is 1. The molecule has 1 N–H and O–H groups in total. The minimum absolute atomic E-state index is 0.102. The summed E-state index contributed by atoms with van der Waals surface area (Å²) in [6.07, 6.45) is 7.06. The van der Waals surface area contributed by atoms with Crippen molar-refractivity contribution >= 4 is 17.8 Å². The number of barbiturate groups is 1. The Labute approximate surface area is 113 Å². The first kappa shape index (κ1) is 13.8. The molecule has 5 nitrogen and oxygen atoms in total. The first-order chi connectivity index (χ1) is 9.00. The van der Waals surface area contributed by atoms with Crippen LogP contribution in [0.25, 0.3) is 0 Å². The lowest BCUT2D eigenvalue weighted by atomic mass is 9.90. The third-order valence-electron chi connectivity index (χ3n) is 3.77. The first-order valence-corrected chi connectivity index (χ1v) is 6.82. The lowest BCUT2D eigenvalue weighted by molar-refractivity contribution is -0.144. The maximum atomic E-state index is 12.3. The van der Waals surface area contributed by atoms with Crippen molar-refractivity contribution in [2.24, 2.45) is 17.8 Å². The third-order valence-corrected chi connectivity index (χ3v) is 3.77. The molecule has 1 aliphatic heterocycles. The Bertz CT molecular complexity index is 428. The molecule has 0 saturated carbocycles. The summed E-state index contributed by atoms with van der Waals surface area (Å²) in [5.41, 5.74) is 0. The second kappa shape index (κ2) is 5.55. The van der Waals surface area contributed by atoms with Gasteiger partial charge in [-0.1, -0.05) is 26.0 Å². The Morgan fingerprint density at radius 3 is 2.63 bits per heavy atom. The van der Waals surface area contributed by atoms with Crippen molar-refractivity contribution in [2.75, 3.05) is 6.54 Å². The molecule has 0 aromatic heterocycles. The van der Waals surface area contributed by atoms with Gasteiger partial charge in [-0.3, -0.25) is 19.8 Å². The number of rotatable bonds is 3. The highest BCUT2D eigenvalue weighted by Gasteiger charge is 2.42. The van der Waals surface area contributed by atoms with E-state index in [1.54, 1.807) is 0 Å². The number of hydrogen-bond acceptors (Lipinski definition) is 3. The molecule has 0 spiro atoms. The molecule has 0 radical (unpaired) electrons. The molecule has 0 aromatic carbocycles. The van der Waals surface area contributed by atoms with Crippen molar-refractivity contribution in [3.8, 4) is 0 Å². The van der Waals surface area contributed by atoms with Crippen LogP contribution in [0.15, 0.2) is 12.2 Å². The highest BCUT2D eigenvalue weighted by Crippen LogP contribution is 2.24. The zero-order valence-electron chi connectivity index (χ0n) is 11.4. The quantitative estimate of drug-likeness (QED) is 0.623. The molecule has 4 amide bonds. The van der Waals surface area contributed by atoms with Crippen LogP contribution >= 0.6 is 0 Å². The van der Waals surface area contributed by atoms with Gasteiger partial charge >= 0.3 is 6.03 Å².